The van der Waals surface area contributed by atoms with Crippen molar-refractivity contribution in [3.05, 3.63) is 0 Å². The van der Waals surface area contributed by atoms with Crippen molar-refractivity contribution in [1.29, 1.82) is 0 Å². The fraction of sp³-hybridized carbons (Fsp3) is 0.900. The molecule has 0 fully saturated rings. The fourth-order valence-electron chi connectivity index (χ4n) is 0.911. The van der Waals surface area contributed by atoms with Gasteiger partial charge in [-0.3, -0.25) is 4.79 Å². The summed E-state index contributed by atoms with van der Waals surface area (Å²) in [7, 11) is 0. The molecule has 0 saturated heterocycles. The molecular weight excluding hydrogens is 166 g/mol. The zero-order chi connectivity index (χ0) is 10.3. The maximum absolute atomic E-state index is 11.3. The maximum Gasteiger partial charge on any atom is 0.323 e. The van der Waals surface area contributed by atoms with Crippen molar-refractivity contribution in [3.8, 4) is 0 Å². The van der Waals surface area contributed by atoms with Gasteiger partial charge in [0, 0.05) is 0 Å². The van der Waals surface area contributed by atoms with Gasteiger partial charge < -0.3 is 10.5 Å². The minimum atomic E-state index is -0.436. The lowest BCUT2D eigenvalue weighted by molar-refractivity contribution is -0.150. The predicted molar refractivity (Wildman–Crippen MR) is 53.3 cm³/mol. The lowest BCUT2D eigenvalue weighted by atomic mass is 10.1. The van der Waals surface area contributed by atoms with Crippen molar-refractivity contribution in [2.45, 2.75) is 58.6 Å². The van der Waals surface area contributed by atoms with E-state index in [1.54, 1.807) is 0 Å². The molecule has 0 aliphatic heterocycles. The van der Waals surface area contributed by atoms with Gasteiger partial charge >= 0.3 is 5.97 Å². The van der Waals surface area contributed by atoms with E-state index in [0.717, 1.165) is 25.7 Å². The zero-order valence-electron chi connectivity index (χ0n) is 8.88. The predicted octanol–water partition coefficient (Wildman–Crippen LogP) is 1.85. The Bertz CT molecular complexity index is 148. The number of unbranched alkanes of at least 4 members (excludes halogenated alkanes) is 1. The summed E-state index contributed by atoms with van der Waals surface area (Å²) < 4.78 is 5.09. The minimum absolute atomic E-state index is 0.0137. The highest BCUT2D eigenvalue weighted by Crippen LogP contribution is 2.03. The molecule has 0 amide bonds. The summed E-state index contributed by atoms with van der Waals surface area (Å²) in [5.74, 6) is -0.261. The molecular formula is C10H21NO2. The SMILES string of the molecule is CCCCC(N)C(=O)OC(C)CC. The number of ether oxygens (including phenoxy) is 1. The number of rotatable bonds is 6. The molecule has 2 N–H and O–H groups in total. The van der Waals surface area contributed by atoms with Crippen LogP contribution in [0.3, 0.4) is 0 Å². The summed E-state index contributed by atoms with van der Waals surface area (Å²) in [6.45, 7) is 5.94. The standard InChI is InChI=1S/C10H21NO2/c1-4-6-7-9(11)10(12)13-8(3)5-2/h8-9H,4-7,11H2,1-3H3. The Morgan fingerprint density at radius 3 is 2.54 bits per heavy atom. The van der Waals surface area contributed by atoms with E-state index in [-0.39, 0.29) is 12.1 Å². The first-order valence-electron chi connectivity index (χ1n) is 5.07. The van der Waals surface area contributed by atoms with Crippen LogP contribution in [-0.2, 0) is 9.53 Å². The molecule has 0 radical (unpaired) electrons. The molecule has 13 heavy (non-hydrogen) atoms. The lowest BCUT2D eigenvalue weighted by Gasteiger charge is -2.14. The number of hydrogen-bond acceptors (Lipinski definition) is 3. The molecule has 0 aliphatic rings. The van der Waals surface area contributed by atoms with Crippen molar-refractivity contribution >= 4 is 5.97 Å². The molecule has 0 rings (SSSR count). The lowest BCUT2D eigenvalue weighted by Crippen LogP contribution is -2.34. The van der Waals surface area contributed by atoms with E-state index in [1.807, 2.05) is 13.8 Å². The Kier molecular flexibility index (Phi) is 6.59. The monoisotopic (exact) mass is 187 g/mol. The first-order chi connectivity index (χ1) is 6.11. The van der Waals surface area contributed by atoms with Crippen LogP contribution >= 0.6 is 0 Å². The Balaban J connectivity index is 3.68. The van der Waals surface area contributed by atoms with Gasteiger partial charge in [0.2, 0.25) is 0 Å². The summed E-state index contributed by atoms with van der Waals surface area (Å²) in [5.41, 5.74) is 5.63. The highest BCUT2D eigenvalue weighted by molar-refractivity contribution is 5.75. The Labute approximate surface area is 80.6 Å². The van der Waals surface area contributed by atoms with Crippen molar-refractivity contribution in [3.63, 3.8) is 0 Å². The number of esters is 1. The van der Waals surface area contributed by atoms with Crippen LogP contribution in [0.5, 0.6) is 0 Å². The van der Waals surface area contributed by atoms with Crippen LogP contribution in [0.2, 0.25) is 0 Å². The van der Waals surface area contributed by atoms with E-state index in [1.165, 1.54) is 0 Å². The van der Waals surface area contributed by atoms with E-state index in [2.05, 4.69) is 6.92 Å². The third-order valence-electron chi connectivity index (χ3n) is 2.06. The molecule has 0 heterocycles. The number of nitrogens with two attached hydrogens (primary N) is 1. The molecule has 2 unspecified atom stereocenters. The second-order valence-electron chi connectivity index (χ2n) is 3.40. The number of hydrogen-bond donors (Lipinski definition) is 1. The Morgan fingerprint density at radius 2 is 2.08 bits per heavy atom. The third-order valence-corrected chi connectivity index (χ3v) is 2.06. The van der Waals surface area contributed by atoms with E-state index in [0.29, 0.717) is 0 Å². The number of carbonyl (C=O) groups is 1. The summed E-state index contributed by atoms with van der Waals surface area (Å²) >= 11 is 0. The van der Waals surface area contributed by atoms with Crippen LogP contribution in [0.25, 0.3) is 0 Å². The molecule has 0 spiro atoms. The van der Waals surface area contributed by atoms with Gasteiger partial charge in [0.15, 0.2) is 0 Å². The average Bonchev–Trinajstić information content (AvgIpc) is 2.13. The molecule has 0 saturated carbocycles. The summed E-state index contributed by atoms with van der Waals surface area (Å²) in [4.78, 5) is 11.3. The van der Waals surface area contributed by atoms with E-state index >= 15 is 0 Å². The van der Waals surface area contributed by atoms with Crippen LogP contribution in [0, 0.1) is 0 Å². The topological polar surface area (TPSA) is 52.3 Å². The number of carbonyl (C=O) groups excluding carboxylic acids is 1. The first kappa shape index (κ1) is 12.4. The van der Waals surface area contributed by atoms with Gasteiger partial charge in [-0.2, -0.15) is 0 Å². The third kappa shape index (κ3) is 5.64. The largest absolute Gasteiger partial charge is 0.462 e. The smallest absolute Gasteiger partial charge is 0.323 e. The molecule has 0 aromatic rings. The normalized spacial score (nSPS) is 15.1. The zero-order valence-corrected chi connectivity index (χ0v) is 8.88. The van der Waals surface area contributed by atoms with Crippen LogP contribution < -0.4 is 5.73 Å². The van der Waals surface area contributed by atoms with E-state index in [9.17, 15) is 4.79 Å². The molecule has 3 nitrogen and oxygen atoms in total. The molecule has 0 aromatic heterocycles. The van der Waals surface area contributed by atoms with Crippen molar-refractivity contribution in [2.24, 2.45) is 5.73 Å². The van der Waals surface area contributed by atoms with Crippen LogP contribution in [0.4, 0.5) is 0 Å². The summed E-state index contributed by atoms with van der Waals surface area (Å²) in [6, 6.07) is -0.436. The van der Waals surface area contributed by atoms with Crippen LogP contribution in [0.1, 0.15) is 46.5 Å². The van der Waals surface area contributed by atoms with Crippen molar-refractivity contribution < 1.29 is 9.53 Å². The fourth-order valence-corrected chi connectivity index (χ4v) is 0.911. The van der Waals surface area contributed by atoms with E-state index in [4.69, 9.17) is 10.5 Å². The molecule has 0 bridgehead atoms. The minimum Gasteiger partial charge on any atom is -0.462 e. The summed E-state index contributed by atoms with van der Waals surface area (Å²) in [5, 5.41) is 0. The molecule has 78 valence electrons. The molecule has 0 aliphatic carbocycles. The van der Waals surface area contributed by atoms with Gasteiger partial charge in [0.25, 0.3) is 0 Å². The molecule has 0 aromatic carbocycles. The van der Waals surface area contributed by atoms with Crippen LogP contribution in [0.15, 0.2) is 0 Å². The summed E-state index contributed by atoms with van der Waals surface area (Å²) in [6.07, 6.45) is 3.60. The quantitative estimate of drug-likeness (QED) is 0.645. The van der Waals surface area contributed by atoms with Crippen LogP contribution in [-0.4, -0.2) is 18.1 Å². The Hall–Kier alpha value is -0.570. The van der Waals surface area contributed by atoms with Gasteiger partial charge in [-0.1, -0.05) is 26.7 Å². The highest BCUT2D eigenvalue weighted by atomic mass is 16.5. The van der Waals surface area contributed by atoms with Crippen molar-refractivity contribution in [1.82, 2.24) is 0 Å². The van der Waals surface area contributed by atoms with Gasteiger partial charge in [0.05, 0.1) is 6.10 Å². The Morgan fingerprint density at radius 1 is 1.46 bits per heavy atom. The molecule has 3 heteroatoms. The maximum atomic E-state index is 11.3. The van der Waals surface area contributed by atoms with Gasteiger partial charge in [-0.05, 0) is 19.8 Å². The average molecular weight is 187 g/mol. The van der Waals surface area contributed by atoms with Crippen molar-refractivity contribution in [2.75, 3.05) is 0 Å². The van der Waals surface area contributed by atoms with Gasteiger partial charge in [-0.15, -0.1) is 0 Å². The highest BCUT2D eigenvalue weighted by Gasteiger charge is 2.16. The van der Waals surface area contributed by atoms with Gasteiger partial charge in [0.1, 0.15) is 6.04 Å². The second kappa shape index (κ2) is 6.89. The van der Waals surface area contributed by atoms with Gasteiger partial charge in [-0.25, -0.2) is 0 Å². The van der Waals surface area contributed by atoms with E-state index < -0.39 is 6.04 Å². The molecule has 2 atom stereocenters. The second-order valence-corrected chi connectivity index (χ2v) is 3.40. The first-order valence-corrected chi connectivity index (χ1v) is 5.07.